The second kappa shape index (κ2) is 12.2. The average Bonchev–Trinajstić information content (AvgIpc) is 3.42. The fourth-order valence-electron chi connectivity index (χ4n) is 5.49. The van der Waals surface area contributed by atoms with Gasteiger partial charge in [0.2, 0.25) is 17.7 Å². The van der Waals surface area contributed by atoms with Crippen LogP contribution in [-0.2, 0) is 14.4 Å². The Hall–Kier alpha value is -3.15. The molecule has 2 aromatic rings. The van der Waals surface area contributed by atoms with Crippen LogP contribution in [0.2, 0.25) is 0 Å². The molecule has 36 heavy (non-hydrogen) atoms. The first-order valence-electron chi connectivity index (χ1n) is 13.6. The number of benzene rings is 2. The lowest BCUT2D eigenvalue weighted by atomic mass is 9.83. The molecule has 1 aliphatic heterocycles. The van der Waals surface area contributed by atoms with Gasteiger partial charge in [0.15, 0.2) is 0 Å². The SMILES string of the molecule is CC[C@@H](C)C(=O)N[C@H](C(=O)N1CCC[C@H]1C(=O)Nc1ccccc1-c1ccccc1)C1CCCCC1. The maximum atomic E-state index is 13.9. The van der Waals surface area contributed by atoms with Crippen molar-refractivity contribution in [2.24, 2.45) is 11.8 Å². The molecule has 2 aliphatic rings. The first-order valence-corrected chi connectivity index (χ1v) is 13.6. The summed E-state index contributed by atoms with van der Waals surface area (Å²) in [5.74, 6) is -0.357. The molecule has 1 saturated heterocycles. The molecule has 0 radical (unpaired) electrons. The van der Waals surface area contributed by atoms with Crippen molar-refractivity contribution in [2.75, 3.05) is 11.9 Å². The third-order valence-corrected chi connectivity index (χ3v) is 7.85. The maximum absolute atomic E-state index is 13.9. The molecule has 0 bridgehead atoms. The molecule has 2 fully saturated rings. The number of nitrogens with one attached hydrogen (secondary N) is 2. The lowest BCUT2D eigenvalue weighted by molar-refractivity contribution is -0.142. The zero-order chi connectivity index (χ0) is 25.5. The van der Waals surface area contributed by atoms with E-state index in [4.69, 9.17) is 0 Å². The van der Waals surface area contributed by atoms with E-state index in [1.807, 2.05) is 68.4 Å². The summed E-state index contributed by atoms with van der Waals surface area (Å²) in [4.78, 5) is 41.9. The van der Waals surface area contributed by atoms with E-state index in [9.17, 15) is 14.4 Å². The maximum Gasteiger partial charge on any atom is 0.247 e. The van der Waals surface area contributed by atoms with Crippen LogP contribution in [0.3, 0.4) is 0 Å². The number of rotatable bonds is 8. The van der Waals surface area contributed by atoms with Crippen molar-refractivity contribution in [3.05, 3.63) is 54.6 Å². The smallest absolute Gasteiger partial charge is 0.247 e. The minimum Gasteiger partial charge on any atom is -0.344 e. The van der Waals surface area contributed by atoms with Crippen LogP contribution in [0.15, 0.2) is 54.6 Å². The summed E-state index contributed by atoms with van der Waals surface area (Å²) in [7, 11) is 0. The van der Waals surface area contributed by atoms with Gasteiger partial charge in [-0.25, -0.2) is 0 Å². The summed E-state index contributed by atoms with van der Waals surface area (Å²) in [5.41, 5.74) is 2.71. The first kappa shape index (κ1) is 25.9. The summed E-state index contributed by atoms with van der Waals surface area (Å²) in [5, 5.41) is 6.19. The van der Waals surface area contributed by atoms with Gasteiger partial charge in [0, 0.05) is 23.7 Å². The van der Waals surface area contributed by atoms with Gasteiger partial charge in [-0.2, -0.15) is 0 Å². The Labute approximate surface area is 214 Å². The molecule has 1 saturated carbocycles. The Balaban J connectivity index is 1.52. The van der Waals surface area contributed by atoms with E-state index in [-0.39, 0.29) is 29.6 Å². The van der Waals surface area contributed by atoms with E-state index in [1.54, 1.807) is 4.90 Å². The normalized spacial score (nSPS) is 19.9. The highest BCUT2D eigenvalue weighted by atomic mass is 16.2. The number of carbonyl (C=O) groups is 3. The predicted molar refractivity (Wildman–Crippen MR) is 143 cm³/mol. The highest BCUT2D eigenvalue weighted by molar-refractivity contribution is 6.01. The number of hydrogen-bond acceptors (Lipinski definition) is 3. The Morgan fingerprint density at radius 3 is 2.33 bits per heavy atom. The summed E-state index contributed by atoms with van der Waals surface area (Å²) in [6.45, 7) is 4.42. The molecule has 3 atom stereocenters. The van der Waals surface area contributed by atoms with Crippen molar-refractivity contribution >= 4 is 23.4 Å². The van der Waals surface area contributed by atoms with Crippen molar-refractivity contribution in [2.45, 2.75) is 77.3 Å². The predicted octanol–water partition coefficient (Wildman–Crippen LogP) is 5.39. The van der Waals surface area contributed by atoms with Gasteiger partial charge in [0.1, 0.15) is 12.1 Å². The highest BCUT2D eigenvalue weighted by Crippen LogP contribution is 2.31. The minimum atomic E-state index is -0.559. The van der Waals surface area contributed by atoms with Crippen LogP contribution in [0.4, 0.5) is 5.69 Å². The number of carbonyl (C=O) groups excluding carboxylic acids is 3. The third kappa shape index (κ3) is 5.97. The number of likely N-dealkylation sites (tertiary alicyclic amines) is 1. The molecule has 6 nitrogen and oxygen atoms in total. The van der Waals surface area contributed by atoms with E-state index in [1.165, 1.54) is 6.42 Å². The number of amides is 3. The van der Waals surface area contributed by atoms with Crippen molar-refractivity contribution in [1.82, 2.24) is 10.2 Å². The van der Waals surface area contributed by atoms with E-state index >= 15 is 0 Å². The van der Waals surface area contributed by atoms with Crippen LogP contribution in [0.5, 0.6) is 0 Å². The number of nitrogens with zero attached hydrogens (tertiary/aromatic N) is 1. The Morgan fingerprint density at radius 1 is 0.917 bits per heavy atom. The van der Waals surface area contributed by atoms with Gasteiger partial charge in [0.05, 0.1) is 0 Å². The monoisotopic (exact) mass is 489 g/mol. The van der Waals surface area contributed by atoms with Crippen molar-refractivity contribution < 1.29 is 14.4 Å². The van der Waals surface area contributed by atoms with Crippen LogP contribution in [0.25, 0.3) is 11.1 Å². The van der Waals surface area contributed by atoms with Gasteiger partial charge in [0.25, 0.3) is 0 Å². The second-order valence-electron chi connectivity index (χ2n) is 10.3. The van der Waals surface area contributed by atoms with Crippen LogP contribution in [-0.4, -0.2) is 41.2 Å². The van der Waals surface area contributed by atoms with Gasteiger partial charge < -0.3 is 15.5 Å². The minimum absolute atomic E-state index is 0.0709. The summed E-state index contributed by atoms with van der Waals surface area (Å²) in [6, 6.07) is 16.6. The Kier molecular flexibility index (Phi) is 8.79. The van der Waals surface area contributed by atoms with E-state index in [0.29, 0.717) is 13.0 Å². The number of anilines is 1. The first-order chi connectivity index (χ1) is 17.5. The topological polar surface area (TPSA) is 78.5 Å². The van der Waals surface area contributed by atoms with E-state index in [0.717, 1.165) is 55.3 Å². The summed E-state index contributed by atoms with van der Waals surface area (Å²) in [6.07, 6.45) is 7.34. The fourth-order valence-corrected chi connectivity index (χ4v) is 5.49. The van der Waals surface area contributed by atoms with Crippen molar-refractivity contribution in [1.29, 1.82) is 0 Å². The van der Waals surface area contributed by atoms with E-state index in [2.05, 4.69) is 10.6 Å². The quantitative estimate of drug-likeness (QED) is 0.522. The summed E-state index contributed by atoms with van der Waals surface area (Å²) >= 11 is 0. The molecule has 1 heterocycles. The lowest BCUT2D eigenvalue weighted by Gasteiger charge is -2.35. The number of hydrogen-bond donors (Lipinski definition) is 2. The molecule has 0 unspecified atom stereocenters. The van der Waals surface area contributed by atoms with Crippen LogP contribution >= 0.6 is 0 Å². The third-order valence-electron chi connectivity index (χ3n) is 7.85. The molecule has 2 N–H and O–H groups in total. The molecule has 2 aromatic carbocycles. The van der Waals surface area contributed by atoms with Crippen molar-refractivity contribution in [3.63, 3.8) is 0 Å². The van der Waals surface area contributed by atoms with Crippen molar-refractivity contribution in [3.8, 4) is 11.1 Å². The molecule has 0 spiro atoms. The Morgan fingerprint density at radius 2 is 1.61 bits per heavy atom. The molecule has 3 amide bonds. The van der Waals surface area contributed by atoms with Gasteiger partial charge in [-0.1, -0.05) is 81.6 Å². The standard InChI is InChI=1S/C30H39N3O3/c1-3-21(2)28(34)32-27(23-15-8-5-9-16-23)30(36)33-20-12-19-26(33)29(35)31-25-18-11-10-17-24(25)22-13-6-4-7-14-22/h4,6-7,10-11,13-14,17-18,21,23,26-27H,3,5,8-9,12,15-16,19-20H2,1-2H3,(H,31,35)(H,32,34)/t21-,26+,27+/m1/s1. The molecule has 192 valence electrons. The molecular weight excluding hydrogens is 450 g/mol. The van der Waals surface area contributed by atoms with Crippen LogP contribution in [0.1, 0.15) is 65.2 Å². The largest absolute Gasteiger partial charge is 0.344 e. The van der Waals surface area contributed by atoms with Crippen LogP contribution < -0.4 is 10.6 Å². The molecule has 0 aromatic heterocycles. The van der Waals surface area contributed by atoms with Gasteiger partial charge in [-0.15, -0.1) is 0 Å². The summed E-state index contributed by atoms with van der Waals surface area (Å²) < 4.78 is 0. The molecule has 6 heteroatoms. The van der Waals surface area contributed by atoms with Crippen LogP contribution in [0, 0.1) is 11.8 Å². The fraction of sp³-hybridized carbons (Fsp3) is 0.500. The number of para-hydroxylation sites is 1. The zero-order valence-corrected chi connectivity index (χ0v) is 21.5. The van der Waals surface area contributed by atoms with Gasteiger partial charge in [-0.3, -0.25) is 14.4 Å². The van der Waals surface area contributed by atoms with Gasteiger partial charge >= 0.3 is 0 Å². The molecular formula is C30H39N3O3. The second-order valence-corrected chi connectivity index (χ2v) is 10.3. The van der Waals surface area contributed by atoms with Gasteiger partial charge in [-0.05, 0) is 49.7 Å². The highest BCUT2D eigenvalue weighted by Gasteiger charge is 2.41. The Bertz CT molecular complexity index is 1050. The zero-order valence-electron chi connectivity index (χ0n) is 21.5. The lowest BCUT2D eigenvalue weighted by Crippen LogP contribution is -2.56. The van der Waals surface area contributed by atoms with E-state index < -0.39 is 12.1 Å². The molecule has 4 rings (SSSR count). The average molecular weight is 490 g/mol. The molecule has 1 aliphatic carbocycles.